The van der Waals surface area contributed by atoms with Gasteiger partial charge < -0.3 is 15.3 Å². The van der Waals surface area contributed by atoms with Crippen LogP contribution in [0.5, 0.6) is 5.75 Å². The van der Waals surface area contributed by atoms with Gasteiger partial charge in [-0.1, -0.05) is 12.1 Å². The monoisotopic (exact) mass is 200 g/mol. The van der Waals surface area contributed by atoms with Crippen molar-refractivity contribution in [3.05, 3.63) is 24.3 Å². The van der Waals surface area contributed by atoms with E-state index in [-0.39, 0.29) is 35.3 Å². The SMILES string of the molecule is [Na+].[O-]c1ccc(N2CCNCC2)cc1. The zero-order valence-corrected chi connectivity index (χ0v) is 10.5. The Morgan fingerprint density at radius 2 is 1.64 bits per heavy atom. The fourth-order valence-electron chi connectivity index (χ4n) is 1.58. The summed E-state index contributed by atoms with van der Waals surface area (Å²) in [6.45, 7) is 4.11. The topological polar surface area (TPSA) is 38.3 Å². The molecule has 0 atom stereocenters. The van der Waals surface area contributed by atoms with Crippen molar-refractivity contribution in [2.75, 3.05) is 31.1 Å². The van der Waals surface area contributed by atoms with E-state index in [9.17, 15) is 5.11 Å². The molecule has 0 aliphatic carbocycles. The zero-order valence-electron chi connectivity index (χ0n) is 8.49. The number of benzene rings is 1. The van der Waals surface area contributed by atoms with E-state index in [0.717, 1.165) is 31.9 Å². The van der Waals surface area contributed by atoms with E-state index in [0.29, 0.717) is 0 Å². The minimum atomic E-state index is 0. The number of rotatable bonds is 1. The Hall–Kier alpha value is -0.220. The van der Waals surface area contributed by atoms with Crippen molar-refractivity contribution in [2.24, 2.45) is 0 Å². The number of nitrogens with one attached hydrogen (secondary N) is 1. The van der Waals surface area contributed by atoms with Crippen LogP contribution in [0.4, 0.5) is 5.69 Å². The number of nitrogens with zero attached hydrogens (tertiary/aromatic N) is 1. The molecular weight excluding hydrogens is 187 g/mol. The first-order valence-electron chi connectivity index (χ1n) is 4.59. The fraction of sp³-hybridized carbons (Fsp3) is 0.400. The molecule has 1 N–H and O–H groups in total. The number of piperazine rings is 1. The molecule has 0 bridgehead atoms. The summed E-state index contributed by atoms with van der Waals surface area (Å²) >= 11 is 0. The summed E-state index contributed by atoms with van der Waals surface area (Å²) in [5.74, 6) is 0.0823. The van der Waals surface area contributed by atoms with Crippen LogP contribution in [0.3, 0.4) is 0 Å². The molecule has 1 heterocycles. The quantitative estimate of drug-likeness (QED) is 0.497. The Balaban J connectivity index is 0.000000980. The summed E-state index contributed by atoms with van der Waals surface area (Å²) in [4.78, 5) is 2.29. The summed E-state index contributed by atoms with van der Waals surface area (Å²) in [5.41, 5.74) is 1.15. The molecule has 1 saturated heterocycles. The van der Waals surface area contributed by atoms with E-state index in [2.05, 4.69) is 10.2 Å². The molecular formula is C10H13N2NaO. The largest absolute Gasteiger partial charge is 1.00 e. The standard InChI is InChI=1S/C10H14N2O.Na/c13-10-3-1-9(2-4-10)12-7-5-11-6-8-12;/h1-4,11,13H,5-8H2;/q;+1/p-1. The van der Waals surface area contributed by atoms with Gasteiger partial charge in [0.25, 0.3) is 0 Å². The van der Waals surface area contributed by atoms with Crippen molar-refractivity contribution in [2.45, 2.75) is 0 Å². The molecule has 1 aliphatic rings. The second kappa shape index (κ2) is 5.61. The van der Waals surface area contributed by atoms with Crippen LogP contribution in [-0.2, 0) is 0 Å². The average molecular weight is 200 g/mol. The van der Waals surface area contributed by atoms with Gasteiger partial charge >= 0.3 is 29.6 Å². The van der Waals surface area contributed by atoms with Crippen LogP contribution in [0, 0.1) is 0 Å². The summed E-state index contributed by atoms with van der Waals surface area (Å²) < 4.78 is 0. The van der Waals surface area contributed by atoms with Crippen LogP contribution in [-0.4, -0.2) is 26.2 Å². The van der Waals surface area contributed by atoms with E-state index < -0.39 is 0 Å². The second-order valence-corrected chi connectivity index (χ2v) is 3.23. The summed E-state index contributed by atoms with van der Waals surface area (Å²) in [5, 5.41) is 14.2. The smallest absolute Gasteiger partial charge is 0.872 e. The van der Waals surface area contributed by atoms with Crippen LogP contribution >= 0.6 is 0 Å². The van der Waals surface area contributed by atoms with E-state index in [4.69, 9.17) is 0 Å². The summed E-state index contributed by atoms with van der Waals surface area (Å²) in [6, 6.07) is 7.04. The van der Waals surface area contributed by atoms with Crippen LogP contribution in [0.1, 0.15) is 0 Å². The minimum absolute atomic E-state index is 0. The van der Waals surface area contributed by atoms with Crippen LogP contribution in [0.15, 0.2) is 24.3 Å². The number of hydrogen-bond donors (Lipinski definition) is 1. The molecule has 70 valence electrons. The first-order valence-corrected chi connectivity index (χ1v) is 4.59. The Labute approximate surface area is 106 Å². The third-order valence-corrected chi connectivity index (χ3v) is 2.32. The van der Waals surface area contributed by atoms with Crippen molar-refractivity contribution < 1.29 is 34.7 Å². The van der Waals surface area contributed by atoms with Gasteiger partial charge in [-0.15, -0.1) is 5.75 Å². The van der Waals surface area contributed by atoms with Gasteiger partial charge in [0.15, 0.2) is 0 Å². The van der Waals surface area contributed by atoms with Gasteiger partial charge in [-0.2, -0.15) is 0 Å². The zero-order chi connectivity index (χ0) is 9.10. The Kier molecular flexibility index (Phi) is 4.75. The average Bonchev–Trinajstić information content (AvgIpc) is 2.20. The van der Waals surface area contributed by atoms with Crippen molar-refractivity contribution in [1.82, 2.24) is 5.32 Å². The van der Waals surface area contributed by atoms with Gasteiger partial charge in [0.05, 0.1) is 0 Å². The molecule has 4 heteroatoms. The van der Waals surface area contributed by atoms with Gasteiger partial charge in [-0.25, -0.2) is 0 Å². The number of anilines is 1. The molecule has 0 amide bonds. The van der Waals surface area contributed by atoms with E-state index in [1.54, 1.807) is 12.1 Å². The van der Waals surface area contributed by atoms with Crippen LogP contribution in [0.2, 0.25) is 0 Å². The molecule has 0 aromatic heterocycles. The van der Waals surface area contributed by atoms with E-state index in [1.165, 1.54) is 0 Å². The molecule has 2 rings (SSSR count). The first-order chi connectivity index (χ1) is 6.36. The van der Waals surface area contributed by atoms with Crippen molar-refractivity contribution in [3.63, 3.8) is 0 Å². The molecule has 3 nitrogen and oxygen atoms in total. The molecule has 0 saturated carbocycles. The van der Waals surface area contributed by atoms with Crippen LogP contribution < -0.4 is 44.9 Å². The Morgan fingerprint density at radius 1 is 1.07 bits per heavy atom. The number of hydrogen-bond acceptors (Lipinski definition) is 3. The minimum Gasteiger partial charge on any atom is -0.872 e. The maximum absolute atomic E-state index is 10.9. The van der Waals surface area contributed by atoms with E-state index in [1.807, 2.05) is 12.1 Å². The molecule has 0 unspecified atom stereocenters. The maximum atomic E-state index is 10.9. The third-order valence-electron chi connectivity index (χ3n) is 2.32. The van der Waals surface area contributed by atoms with Crippen molar-refractivity contribution >= 4 is 5.69 Å². The Morgan fingerprint density at radius 3 is 2.21 bits per heavy atom. The summed E-state index contributed by atoms with van der Waals surface area (Å²) in [7, 11) is 0. The Bertz CT molecular complexity index is 270. The van der Waals surface area contributed by atoms with Crippen molar-refractivity contribution in [1.29, 1.82) is 0 Å². The fourth-order valence-corrected chi connectivity index (χ4v) is 1.58. The maximum Gasteiger partial charge on any atom is 1.00 e. The molecule has 1 aromatic carbocycles. The van der Waals surface area contributed by atoms with Gasteiger partial charge in [-0.05, 0) is 12.1 Å². The van der Waals surface area contributed by atoms with E-state index >= 15 is 0 Å². The first kappa shape index (κ1) is 11.9. The summed E-state index contributed by atoms with van der Waals surface area (Å²) in [6.07, 6.45) is 0. The van der Waals surface area contributed by atoms with Gasteiger partial charge in [0.2, 0.25) is 0 Å². The molecule has 14 heavy (non-hydrogen) atoms. The molecule has 0 radical (unpaired) electrons. The second-order valence-electron chi connectivity index (χ2n) is 3.23. The van der Waals surface area contributed by atoms with Gasteiger partial charge in [-0.3, -0.25) is 0 Å². The molecule has 1 aliphatic heterocycles. The normalized spacial score (nSPS) is 16.1. The van der Waals surface area contributed by atoms with Crippen molar-refractivity contribution in [3.8, 4) is 5.75 Å². The predicted molar refractivity (Wildman–Crippen MR) is 51.0 cm³/mol. The van der Waals surface area contributed by atoms with Gasteiger partial charge in [0, 0.05) is 31.9 Å². The molecule has 1 aromatic rings. The third kappa shape index (κ3) is 2.89. The van der Waals surface area contributed by atoms with Gasteiger partial charge in [0.1, 0.15) is 0 Å². The van der Waals surface area contributed by atoms with Crippen LogP contribution in [0.25, 0.3) is 0 Å². The molecule has 1 fully saturated rings. The molecule has 0 spiro atoms. The predicted octanol–water partition coefficient (Wildman–Crippen LogP) is -2.83.